The molecule has 0 spiro atoms. The number of carbonyl (C=O) groups excluding carboxylic acids is 1. The van der Waals surface area contributed by atoms with Crippen LogP contribution < -0.4 is 5.73 Å². The highest BCUT2D eigenvalue weighted by Crippen LogP contribution is 2.31. The molecule has 0 heterocycles. The molecule has 120 valence electrons. The SMILES string of the molecule is N[C@@H]1CCC[C@H]1CC(=O)N(CCc1ccc(F)cc1)C1CC1. The molecule has 0 radical (unpaired) electrons. The average molecular weight is 304 g/mol. The van der Waals surface area contributed by atoms with Crippen molar-refractivity contribution in [3.63, 3.8) is 0 Å². The highest BCUT2D eigenvalue weighted by atomic mass is 19.1. The van der Waals surface area contributed by atoms with E-state index in [-0.39, 0.29) is 17.8 Å². The molecule has 4 heteroatoms. The molecule has 2 aliphatic carbocycles. The fraction of sp³-hybridized carbons (Fsp3) is 0.611. The van der Waals surface area contributed by atoms with E-state index in [1.54, 1.807) is 12.1 Å². The van der Waals surface area contributed by atoms with Crippen molar-refractivity contribution in [3.8, 4) is 0 Å². The number of hydrogen-bond acceptors (Lipinski definition) is 2. The standard InChI is InChI=1S/C18H25FN2O/c19-15-6-4-13(5-7-15)10-11-21(16-8-9-16)18(22)12-14-2-1-3-17(14)20/h4-7,14,16-17H,1-3,8-12,20H2/t14-,17+/m0/s1. The summed E-state index contributed by atoms with van der Waals surface area (Å²) in [5.74, 6) is 0.403. The van der Waals surface area contributed by atoms with E-state index in [1.807, 2.05) is 4.90 Å². The van der Waals surface area contributed by atoms with Crippen molar-refractivity contribution in [1.29, 1.82) is 0 Å². The van der Waals surface area contributed by atoms with Crippen LogP contribution in [0.3, 0.4) is 0 Å². The number of nitrogens with two attached hydrogens (primary N) is 1. The smallest absolute Gasteiger partial charge is 0.223 e. The van der Waals surface area contributed by atoms with Gasteiger partial charge in [-0.1, -0.05) is 18.6 Å². The Morgan fingerprint density at radius 1 is 1.18 bits per heavy atom. The van der Waals surface area contributed by atoms with E-state index in [4.69, 9.17) is 5.73 Å². The Morgan fingerprint density at radius 3 is 2.50 bits per heavy atom. The van der Waals surface area contributed by atoms with Gasteiger partial charge in [0.05, 0.1) is 0 Å². The van der Waals surface area contributed by atoms with Gasteiger partial charge in [0.2, 0.25) is 5.91 Å². The topological polar surface area (TPSA) is 46.3 Å². The predicted octanol–water partition coefficient (Wildman–Crippen LogP) is 2.88. The third-order valence-corrected chi connectivity index (χ3v) is 5.02. The summed E-state index contributed by atoms with van der Waals surface area (Å²) < 4.78 is 12.9. The van der Waals surface area contributed by atoms with Crippen LogP contribution in [0.15, 0.2) is 24.3 Å². The van der Waals surface area contributed by atoms with Gasteiger partial charge in [-0.05, 0) is 55.7 Å². The van der Waals surface area contributed by atoms with Gasteiger partial charge in [-0.25, -0.2) is 4.39 Å². The van der Waals surface area contributed by atoms with Crippen molar-refractivity contribution in [2.75, 3.05) is 6.54 Å². The molecule has 1 aromatic rings. The number of carbonyl (C=O) groups is 1. The number of benzene rings is 1. The first-order valence-corrected chi connectivity index (χ1v) is 8.43. The van der Waals surface area contributed by atoms with E-state index >= 15 is 0 Å². The lowest BCUT2D eigenvalue weighted by Crippen LogP contribution is -2.38. The highest BCUT2D eigenvalue weighted by molar-refractivity contribution is 5.77. The summed E-state index contributed by atoms with van der Waals surface area (Å²) >= 11 is 0. The molecule has 1 amide bonds. The van der Waals surface area contributed by atoms with Crippen LogP contribution in [0.25, 0.3) is 0 Å². The van der Waals surface area contributed by atoms with Gasteiger partial charge in [0.1, 0.15) is 5.82 Å². The highest BCUT2D eigenvalue weighted by Gasteiger charge is 2.34. The van der Waals surface area contributed by atoms with Crippen molar-refractivity contribution in [3.05, 3.63) is 35.6 Å². The molecular formula is C18H25FN2O. The summed E-state index contributed by atoms with van der Waals surface area (Å²) in [6.45, 7) is 0.733. The first kappa shape index (κ1) is 15.5. The molecule has 2 saturated carbocycles. The van der Waals surface area contributed by atoms with E-state index in [9.17, 15) is 9.18 Å². The summed E-state index contributed by atoms with van der Waals surface area (Å²) in [5.41, 5.74) is 7.17. The van der Waals surface area contributed by atoms with Gasteiger partial charge in [-0.3, -0.25) is 4.79 Å². The summed E-state index contributed by atoms with van der Waals surface area (Å²) in [7, 11) is 0. The maximum atomic E-state index is 12.9. The molecule has 3 rings (SSSR count). The van der Waals surface area contributed by atoms with Gasteiger partial charge in [0.25, 0.3) is 0 Å². The van der Waals surface area contributed by atoms with Crippen LogP contribution in [-0.2, 0) is 11.2 Å². The molecule has 2 aliphatic rings. The van der Waals surface area contributed by atoms with Gasteiger partial charge in [0.15, 0.2) is 0 Å². The van der Waals surface area contributed by atoms with E-state index in [1.165, 1.54) is 12.1 Å². The average Bonchev–Trinajstić information content (AvgIpc) is 3.26. The minimum atomic E-state index is -0.214. The summed E-state index contributed by atoms with van der Waals surface area (Å²) in [5, 5.41) is 0. The second-order valence-corrected chi connectivity index (χ2v) is 6.75. The predicted molar refractivity (Wildman–Crippen MR) is 84.8 cm³/mol. The molecule has 2 N–H and O–H groups in total. The molecule has 0 aromatic heterocycles. The largest absolute Gasteiger partial charge is 0.339 e. The van der Waals surface area contributed by atoms with Crippen LogP contribution in [0.5, 0.6) is 0 Å². The van der Waals surface area contributed by atoms with Crippen LogP contribution in [0, 0.1) is 11.7 Å². The number of amides is 1. The third-order valence-electron chi connectivity index (χ3n) is 5.02. The van der Waals surface area contributed by atoms with Crippen LogP contribution in [0.2, 0.25) is 0 Å². The lowest BCUT2D eigenvalue weighted by molar-refractivity contribution is -0.132. The number of rotatable bonds is 6. The molecule has 3 nitrogen and oxygen atoms in total. The maximum Gasteiger partial charge on any atom is 0.223 e. The Kier molecular flexibility index (Phi) is 4.77. The third kappa shape index (κ3) is 3.86. The van der Waals surface area contributed by atoms with Gasteiger partial charge in [-0.2, -0.15) is 0 Å². The summed E-state index contributed by atoms with van der Waals surface area (Å²) in [4.78, 5) is 14.6. The van der Waals surface area contributed by atoms with E-state index in [0.29, 0.717) is 18.4 Å². The van der Waals surface area contributed by atoms with E-state index in [0.717, 1.165) is 50.6 Å². The zero-order valence-corrected chi connectivity index (χ0v) is 13.0. The Bertz CT molecular complexity index is 512. The van der Waals surface area contributed by atoms with Crippen LogP contribution in [0.1, 0.15) is 44.1 Å². The second kappa shape index (κ2) is 6.78. The number of nitrogens with zero attached hydrogens (tertiary/aromatic N) is 1. The zero-order chi connectivity index (χ0) is 15.5. The minimum absolute atomic E-state index is 0.196. The van der Waals surface area contributed by atoms with Gasteiger partial charge >= 0.3 is 0 Å². The van der Waals surface area contributed by atoms with Crippen molar-refractivity contribution in [2.24, 2.45) is 11.7 Å². The quantitative estimate of drug-likeness (QED) is 0.878. The molecule has 22 heavy (non-hydrogen) atoms. The van der Waals surface area contributed by atoms with Crippen molar-refractivity contribution < 1.29 is 9.18 Å². The fourth-order valence-electron chi connectivity index (χ4n) is 3.46. The molecular weight excluding hydrogens is 279 g/mol. The van der Waals surface area contributed by atoms with Crippen molar-refractivity contribution in [1.82, 2.24) is 4.90 Å². The first-order valence-electron chi connectivity index (χ1n) is 8.43. The molecule has 0 bridgehead atoms. The lowest BCUT2D eigenvalue weighted by atomic mass is 9.99. The maximum absolute atomic E-state index is 12.9. The Morgan fingerprint density at radius 2 is 1.91 bits per heavy atom. The van der Waals surface area contributed by atoms with Crippen LogP contribution in [0.4, 0.5) is 4.39 Å². The van der Waals surface area contributed by atoms with Gasteiger partial charge in [-0.15, -0.1) is 0 Å². The minimum Gasteiger partial charge on any atom is -0.339 e. The molecule has 2 atom stereocenters. The number of halogens is 1. The summed E-state index contributed by atoms with van der Waals surface area (Å²) in [6.07, 6.45) is 6.91. The molecule has 0 saturated heterocycles. The van der Waals surface area contributed by atoms with Crippen LogP contribution in [-0.4, -0.2) is 29.4 Å². The molecule has 0 unspecified atom stereocenters. The van der Waals surface area contributed by atoms with E-state index in [2.05, 4.69) is 0 Å². The molecule has 2 fully saturated rings. The Balaban J connectivity index is 1.55. The number of hydrogen-bond donors (Lipinski definition) is 1. The van der Waals surface area contributed by atoms with Crippen molar-refractivity contribution >= 4 is 5.91 Å². The lowest BCUT2D eigenvalue weighted by Gasteiger charge is -2.25. The first-order chi connectivity index (χ1) is 10.6. The monoisotopic (exact) mass is 304 g/mol. The van der Waals surface area contributed by atoms with Gasteiger partial charge < -0.3 is 10.6 Å². The normalized spacial score (nSPS) is 24.5. The van der Waals surface area contributed by atoms with Crippen LogP contribution >= 0.6 is 0 Å². The molecule has 0 aliphatic heterocycles. The Hall–Kier alpha value is -1.42. The Labute approximate surface area is 131 Å². The van der Waals surface area contributed by atoms with Crippen molar-refractivity contribution in [2.45, 2.75) is 57.0 Å². The summed E-state index contributed by atoms with van der Waals surface area (Å²) in [6, 6.07) is 7.19. The second-order valence-electron chi connectivity index (χ2n) is 6.75. The van der Waals surface area contributed by atoms with Gasteiger partial charge in [0, 0.05) is 25.0 Å². The van der Waals surface area contributed by atoms with E-state index < -0.39 is 0 Å². The molecule has 1 aromatic carbocycles. The zero-order valence-electron chi connectivity index (χ0n) is 13.0. The fourth-order valence-corrected chi connectivity index (χ4v) is 3.46.